The smallest absolute Gasteiger partial charge is 0.136 e. The summed E-state index contributed by atoms with van der Waals surface area (Å²) in [6, 6.07) is 0. The molecule has 0 aromatic carbocycles. The minimum atomic E-state index is 0.619. The zero-order valence-corrected chi connectivity index (χ0v) is 9.12. The van der Waals surface area contributed by atoms with Crippen molar-refractivity contribution in [2.24, 2.45) is 13.0 Å². The maximum absolute atomic E-state index is 4.25. The first kappa shape index (κ1) is 9.65. The van der Waals surface area contributed by atoms with Crippen LogP contribution in [0.15, 0.2) is 0 Å². The molecular weight excluding hydrogens is 176 g/mol. The van der Waals surface area contributed by atoms with Crippen molar-refractivity contribution in [3.8, 4) is 0 Å². The van der Waals surface area contributed by atoms with Gasteiger partial charge in [0.2, 0.25) is 0 Å². The standard InChI is InChI=1S/C10H18N4/c1-7-12-13-10(14(7)3)9-5-4-8(9)6-11-2/h8-9,11H,4-6H2,1-3H3. The van der Waals surface area contributed by atoms with Crippen LogP contribution < -0.4 is 5.32 Å². The van der Waals surface area contributed by atoms with E-state index in [9.17, 15) is 0 Å². The fraction of sp³-hybridized carbons (Fsp3) is 0.800. The van der Waals surface area contributed by atoms with Crippen LogP contribution in [-0.2, 0) is 7.05 Å². The second-order valence-electron chi connectivity index (χ2n) is 4.17. The van der Waals surface area contributed by atoms with Gasteiger partial charge >= 0.3 is 0 Å². The first-order valence-electron chi connectivity index (χ1n) is 5.24. The molecule has 0 spiro atoms. The number of rotatable bonds is 3. The van der Waals surface area contributed by atoms with Gasteiger partial charge in [0.25, 0.3) is 0 Å². The highest BCUT2D eigenvalue weighted by molar-refractivity contribution is 5.07. The first-order chi connectivity index (χ1) is 6.74. The van der Waals surface area contributed by atoms with E-state index < -0.39 is 0 Å². The predicted octanol–water partition coefficient (Wildman–Crippen LogP) is 0.837. The zero-order chi connectivity index (χ0) is 10.1. The number of aryl methyl sites for hydroxylation is 1. The molecule has 4 nitrogen and oxygen atoms in total. The molecule has 2 atom stereocenters. The lowest BCUT2D eigenvalue weighted by atomic mass is 9.73. The summed E-state index contributed by atoms with van der Waals surface area (Å²) in [6.07, 6.45) is 2.58. The molecule has 2 unspecified atom stereocenters. The van der Waals surface area contributed by atoms with Crippen LogP contribution in [0.2, 0.25) is 0 Å². The van der Waals surface area contributed by atoms with Crippen molar-refractivity contribution in [3.05, 3.63) is 11.6 Å². The van der Waals surface area contributed by atoms with Crippen LogP contribution in [-0.4, -0.2) is 28.4 Å². The summed E-state index contributed by atoms with van der Waals surface area (Å²) in [6.45, 7) is 3.10. The van der Waals surface area contributed by atoms with E-state index in [0.717, 1.165) is 24.1 Å². The van der Waals surface area contributed by atoms with Gasteiger partial charge in [-0.1, -0.05) is 0 Å². The summed E-state index contributed by atoms with van der Waals surface area (Å²) in [5.74, 6) is 3.54. The summed E-state index contributed by atoms with van der Waals surface area (Å²) < 4.78 is 2.12. The molecule has 1 N–H and O–H groups in total. The highest BCUT2D eigenvalue weighted by Gasteiger charge is 2.34. The second-order valence-corrected chi connectivity index (χ2v) is 4.17. The zero-order valence-electron chi connectivity index (χ0n) is 9.12. The van der Waals surface area contributed by atoms with E-state index in [1.165, 1.54) is 12.8 Å². The molecule has 0 aliphatic heterocycles. The van der Waals surface area contributed by atoms with Crippen LogP contribution in [0.3, 0.4) is 0 Å². The van der Waals surface area contributed by atoms with Gasteiger partial charge in [0.1, 0.15) is 11.6 Å². The minimum Gasteiger partial charge on any atom is -0.319 e. The summed E-state index contributed by atoms with van der Waals surface area (Å²) in [5, 5.41) is 11.6. The molecule has 1 aromatic heterocycles. The highest BCUT2D eigenvalue weighted by atomic mass is 15.3. The van der Waals surface area contributed by atoms with Gasteiger partial charge < -0.3 is 9.88 Å². The molecule has 1 aliphatic carbocycles. The Morgan fingerprint density at radius 3 is 2.64 bits per heavy atom. The Morgan fingerprint density at radius 2 is 2.21 bits per heavy atom. The van der Waals surface area contributed by atoms with Crippen molar-refractivity contribution in [1.82, 2.24) is 20.1 Å². The van der Waals surface area contributed by atoms with Crippen LogP contribution >= 0.6 is 0 Å². The highest BCUT2D eigenvalue weighted by Crippen LogP contribution is 2.41. The average molecular weight is 194 g/mol. The predicted molar refractivity (Wildman–Crippen MR) is 55.1 cm³/mol. The molecule has 1 aromatic rings. The second kappa shape index (κ2) is 3.69. The molecular formula is C10H18N4. The van der Waals surface area contributed by atoms with Crippen LogP contribution in [0.4, 0.5) is 0 Å². The van der Waals surface area contributed by atoms with Crippen LogP contribution in [0.25, 0.3) is 0 Å². The number of hydrogen-bond donors (Lipinski definition) is 1. The van der Waals surface area contributed by atoms with Crippen molar-refractivity contribution < 1.29 is 0 Å². The maximum atomic E-state index is 4.25. The van der Waals surface area contributed by atoms with Crippen molar-refractivity contribution in [2.45, 2.75) is 25.7 Å². The van der Waals surface area contributed by atoms with Crippen molar-refractivity contribution >= 4 is 0 Å². The lowest BCUT2D eigenvalue weighted by Crippen LogP contribution is -2.33. The molecule has 1 aliphatic rings. The Morgan fingerprint density at radius 1 is 1.43 bits per heavy atom. The van der Waals surface area contributed by atoms with E-state index in [-0.39, 0.29) is 0 Å². The fourth-order valence-electron chi connectivity index (χ4n) is 2.16. The summed E-state index contributed by atoms with van der Waals surface area (Å²) in [7, 11) is 4.07. The molecule has 78 valence electrons. The molecule has 14 heavy (non-hydrogen) atoms. The van der Waals surface area contributed by atoms with Gasteiger partial charge in [-0.05, 0) is 39.3 Å². The third kappa shape index (κ3) is 1.43. The topological polar surface area (TPSA) is 42.7 Å². The molecule has 1 heterocycles. The average Bonchev–Trinajstić information content (AvgIpc) is 2.44. The Hall–Kier alpha value is -0.900. The number of nitrogens with one attached hydrogen (secondary N) is 1. The van der Waals surface area contributed by atoms with Crippen LogP contribution in [0.5, 0.6) is 0 Å². The van der Waals surface area contributed by atoms with Gasteiger partial charge in [-0.15, -0.1) is 10.2 Å². The lowest BCUT2D eigenvalue weighted by Gasteiger charge is -2.35. The Bertz CT molecular complexity index is 318. The molecule has 1 saturated carbocycles. The number of nitrogens with zero attached hydrogens (tertiary/aromatic N) is 3. The van der Waals surface area contributed by atoms with E-state index in [2.05, 4.69) is 27.1 Å². The molecule has 0 radical (unpaired) electrons. The van der Waals surface area contributed by atoms with Gasteiger partial charge in [0.05, 0.1) is 0 Å². The van der Waals surface area contributed by atoms with Gasteiger partial charge in [-0.2, -0.15) is 0 Å². The van der Waals surface area contributed by atoms with Crippen molar-refractivity contribution in [2.75, 3.05) is 13.6 Å². The monoisotopic (exact) mass is 194 g/mol. The maximum Gasteiger partial charge on any atom is 0.136 e. The third-order valence-corrected chi connectivity index (χ3v) is 3.34. The fourth-order valence-corrected chi connectivity index (χ4v) is 2.16. The van der Waals surface area contributed by atoms with Crippen molar-refractivity contribution in [1.29, 1.82) is 0 Å². The van der Waals surface area contributed by atoms with Gasteiger partial charge in [-0.25, -0.2) is 0 Å². The van der Waals surface area contributed by atoms with E-state index in [1.807, 2.05) is 14.0 Å². The Kier molecular flexibility index (Phi) is 2.54. The largest absolute Gasteiger partial charge is 0.319 e. The Balaban J connectivity index is 2.12. The molecule has 2 rings (SSSR count). The van der Waals surface area contributed by atoms with E-state index in [0.29, 0.717) is 5.92 Å². The van der Waals surface area contributed by atoms with E-state index in [4.69, 9.17) is 0 Å². The SMILES string of the molecule is CNCC1CCC1c1nnc(C)n1C. The quantitative estimate of drug-likeness (QED) is 0.775. The minimum absolute atomic E-state index is 0.619. The Labute approximate surface area is 84.7 Å². The van der Waals surface area contributed by atoms with Crippen molar-refractivity contribution in [3.63, 3.8) is 0 Å². The van der Waals surface area contributed by atoms with Crippen LogP contribution in [0, 0.1) is 12.8 Å². The number of hydrogen-bond acceptors (Lipinski definition) is 3. The summed E-state index contributed by atoms with van der Waals surface area (Å²) >= 11 is 0. The molecule has 1 fully saturated rings. The van der Waals surface area contributed by atoms with Gasteiger partial charge in [0.15, 0.2) is 0 Å². The first-order valence-corrected chi connectivity index (χ1v) is 5.24. The van der Waals surface area contributed by atoms with E-state index >= 15 is 0 Å². The lowest BCUT2D eigenvalue weighted by molar-refractivity contribution is 0.236. The van der Waals surface area contributed by atoms with Gasteiger partial charge in [0, 0.05) is 13.0 Å². The number of aromatic nitrogens is 3. The summed E-state index contributed by atoms with van der Waals surface area (Å²) in [4.78, 5) is 0. The van der Waals surface area contributed by atoms with E-state index in [1.54, 1.807) is 0 Å². The molecule has 0 amide bonds. The summed E-state index contributed by atoms with van der Waals surface area (Å²) in [5.41, 5.74) is 0. The third-order valence-electron chi connectivity index (χ3n) is 3.34. The normalized spacial score (nSPS) is 26.2. The molecule has 0 bridgehead atoms. The molecule has 4 heteroatoms. The van der Waals surface area contributed by atoms with Gasteiger partial charge in [-0.3, -0.25) is 0 Å². The molecule has 0 saturated heterocycles. The van der Waals surface area contributed by atoms with Crippen LogP contribution in [0.1, 0.15) is 30.4 Å².